The lowest BCUT2D eigenvalue weighted by Gasteiger charge is -2.38. The molecule has 3 aromatic rings. The number of hydrogen-bond donors (Lipinski definition) is 0. The van der Waals surface area contributed by atoms with Crippen molar-refractivity contribution in [3.63, 3.8) is 0 Å². The standard InChI is InChI=1S/C30H36F3NO2/c1-3-4-19-6-8-20(9-7-19)21-10-12-22(13-11-21)23-14-15-24(28(27(23)31)36-30(32)33)29-34-25-17-18(2)5-16-26(25)35-29/h5,14-17,19-22,30H,3-4,6-13H2,1-2H3. The molecule has 0 saturated heterocycles. The Morgan fingerprint density at radius 1 is 0.972 bits per heavy atom. The van der Waals surface area contributed by atoms with Gasteiger partial charge in [0, 0.05) is 0 Å². The van der Waals surface area contributed by atoms with Crippen molar-refractivity contribution < 1.29 is 22.3 Å². The number of oxazole rings is 1. The third-order valence-corrected chi connectivity index (χ3v) is 8.57. The number of aromatic nitrogens is 1. The summed E-state index contributed by atoms with van der Waals surface area (Å²) in [5.74, 6) is 1.29. The molecule has 0 radical (unpaired) electrons. The topological polar surface area (TPSA) is 35.3 Å². The molecule has 0 aliphatic heterocycles. The lowest BCUT2D eigenvalue weighted by atomic mass is 9.68. The molecule has 2 saturated carbocycles. The van der Waals surface area contributed by atoms with Gasteiger partial charge in [-0.05, 0) is 98.4 Å². The van der Waals surface area contributed by atoms with Gasteiger partial charge in [-0.25, -0.2) is 9.37 Å². The largest absolute Gasteiger partial charge is 0.436 e. The van der Waals surface area contributed by atoms with Gasteiger partial charge in [-0.1, -0.05) is 44.7 Å². The van der Waals surface area contributed by atoms with Crippen LogP contribution in [0.25, 0.3) is 22.6 Å². The smallest absolute Gasteiger partial charge is 0.387 e. The fourth-order valence-corrected chi connectivity index (χ4v) is 6.67. The molecule has 0 amide bonds. The van der Waals surface area contributed by atoms with Crippen LogP contribution in [0.5, 0.6) is 5.75 Å². The van der Waals surface area contributed by atoms with E-state index in [2.05, 4.69) is 11.9 Å². The molecule has 3 nitrogen and oxygen atoms in total. The van der Waals surface area contributed by atoms with Crippen LogP contribution in [-0.4, -0.2) is 11.6 Å². The summed E-state index contributed by atoms with van der Waals surface area (Å²) in [5, 5.41) is 0. The number of halogens is 3. The molecule has 0 N–H and O–H groups in total. The molecule has 2 aliphatic rings. The zero-order chi connectivity index (χ0) is 25.2. The molecule has 6 heteroatoms. The molecule has 1 heterocycles. The molecule has 5 rings (SSSR count). The van der Waals surface area contributed by atoms with Crippen molar-refractivity contribution in [2.75, 3.05) is 0 Å². The van der Waals surface area contributed by atoms with Crippen molar-refractivity contribution in [2.45, 2.75) is 90.6 Å². The van der Waals surface area contributed by atoms with Gasteiger partial charge in [-0.15, -0.1) is 0 Å². The molecular formula is C30H36F3NO2. The highest BCUT2D eigenvalue weighted by Gasteiger charge is 2.33. The van der Waals surface area contributed by atoms with Crippen LogP contribution in [-0.2, 0) is 0 Å². The molecule has 194 valence electrons. The molecule has 2 aromatic carbocycles. The summed E-state index contributed by atoms with van der Waals surface area (Å²) in [6, 6.07) is 8.83. The molecule has 1 aromatic heterocycles. The minimum Gasteiger partial charge on any atom is -0.436 e. The number of nitrogens with zero attached hydrogens (tertiary/aromatic N) is 1. The van der Waals surface area contributed by atoms with E-state index in [1.165, 1.54) is 38.5 Å². The van der Waals surface area contributed by atoms with Gasteiger partial charge < -0.3 is 9.15 Å². The van der Waals surface area contributed by atoms with Gasteiger partial charge in [0.15, 0.2) is 17.1 Å². The van der Waals surface area contributed by atoms with Crippen molar-refractivity contribution in [3.05, 3.63) is 47.3 Å². The second-order valence-electron chi connectivity index (χ2n) is 10.9. The van der Waals surface area contributed by atoms with Crippen molar-refractivity contribution in [1.29, 1.82) is 0 Å². The molecule has 0 unspecified atom stereocenters. The van der Waals surface area contributed by atoms with E-state index in [9.17, 15) is 8.78 Å². The Morgan fingerprint density at radius 2 is 1.67 bits per heavy atom. The Bertz CT molecular complexity index is 1170. The number of benzene rings is 2. The van der Waals surface area contributed by atoms with Crippen LogP contribution in [0.15, 0.2) is 34.7 Å². The first kappa shape index (κ1) is 25.2. The van der Waals surface area contributed by atoms with Crippen molar-refractivity contribution in [2.24, 2.45) is 17.8 Å². The average molecular weight is 500 g/mol. The van der Waals surface area contributed by atoms with Crippen molar-refractivity contribution >= 4 is 11.1 Å². The number of fused-ring (bicyclic) bond motifs is 1. The minimum atomic E-state index is -3.14. The highest BCUT2D eigenvalue weighted by molar-refractivity contribution is 5.78. The van der Waals surface area contributed by atoms with Crippen LogP contribution < -0.4 is 4.74 Å². The van der Waals surface area contributed by atoms with E-state index >= 15 is 4.39 Å². The molecule has 2 fully saturated rings. The second kappa shape index (κ2) is 10.9. The maximum Gasteiger partial charge on any atom is 0.387 e. The Morgan fingerprint density at radius 3 is 2.33 bits per heavy atom. The number of alkyl halides is 2. The highest BCUT2D eigenvalue weighted by Crippen LogP contribution is 2.46. The van der Waals surface area contributed by atoms with E-state index in [4.69, 9.17) is 9.15 Å². The highest BCUT2D eigenvalue weighted by atomic mass is 19.3. The van der Waals surface area contributed by atoms with Gasteiger partial charge in [0.1, 0.15) is 5.52 Å². The first-order valence-electron chi connectivity index (χ1n) is 13.6. The fourth-order valence-electron chi connectivity index (χ4n) is 6.67. The Hall–Kier alpha value is -2.50. The summed E-state index contributed by atoms with van der Waals surface area (Å²) in [6.45, 7) is 1.06. The molecule has 0 bridgehead atoms. The summed E-state index contributed by atoms with van der Waals surface area (Å²) in [7, 11) is 0. The summed E-state index contributed by atoms with van der Waals surface area (Å²) >= 11 is 0. The van der Waals surface area contributed by atoms with E-state index in [1.807, 2.05) is 19.1 Å². The maximum absolute atomic E-state index is 15.7. The van der Waals surface area contributed by atoms with Crippen molar-refractivity contribution in [1.82, 2.24) is 4.98 Å². The van der Waals surface area contributed by atoms with Crippen LogP contribution in [0.3, 0.4) is 0 Å². The Kier molecular flexibility index (Phi) is 7.59. The van der Waals surface area contributed by atoms with Crippen LogP contribution in [0.1, 0.15) is 88.2 Å². The lowest BCUT2D eigenvalue weighted by molar-refractivity contribution is -0.0519. The third-order valence-electron chi connectivity index (χ3n) is 8.57. The van der Waals surface area contributed by atoms with Crippen molar-refractivity contribution in [3.8, 4) is 17.2 Å². The van der Waals surface area contributed by atoms with Crippen LogP contribution in [0, 0.1) is 30.5 Å². The first-order valence-corrected chi connectivity index (χ1v) is 13.6. The summed E-state index contributed by atoms with van der Waals surface area (Å²) in [6.07, 6.45) is 11.9. The number of aryl methyl sites for hydroxylation is 1. The SMILES string of the molecule is CCCC1CCC(C2CCC(c3ccc(-c4nc5cc(C)ccc5o4)c(OC(F)F)c3F)CC2)CC1. The van der Waals surface area contributed by atoms with Crippen LogP contribution in [0.2, 0.25) is 0 Å². The quantitative estimate of drug-likeness (QED) is 0.325. The van der Waals surface area contributed by atoms with Gasteiger partial charge in [-0.2, -0.15) is 8.78 Å². The van der Waals surface area contributed by atoms with E-state index in [0.717, 1.165) is 43.1 Å². The number of hydrogen-bond acceptors (Lipinski definition) is 3. The van der Waals surface area contributed by atoms with Gasteiger partial charge >= 0.3 is 6.61 Å². The number of rotatable bonds is 7. The Labute approximate surface area is 211 Å². The van der Waals surface area contributed by atoms with Crippen LogP contribution in [0.4, 0.5) is 13.2 Å². The van der Waals surface area contributed by atoms with E-state index in [-0.39, 0.29) is 17.4 Å². The molecule has 36 heavy (non-hydrogen) atoms. The summed E-state index contributed by atoms with van der Waals surface area (Å²) < 4.78 is 52.9. The third kappa shape index (κ3) is 5.28. The molecular weight excluding hydrogens is 463 g/mol. The van der Waals surface area contributed by atoms with Gasteiger partial charge in [0.25, 0.3) is 0 Å². The fraction of sp³-hybridized carbons (Fsp3) is 0.567. The summed E-state index contributed by atoms with van der Waals surface area (Å²) in [4.78, 5) is 4.42. The molecule has 0 atom stereocenters. The van der Waals surface area contributed by atoms with Gasteiger partial charge in [0.05, 0.1) is 5.56 Å². The molecule has 2 aliphatic carbocycles. The lowest BCUT2D eigenvalue weighted by Crippen LogP contribution is -2.25. The predicted molar refractivity (Wildman–Crippen MR) is 136 cm³/mol. The molecule has 0 spiro atoms. The Balaban J connectivity index is 1.33. The van der Waals surface area contributed by atoms with E-state index in [0.29, 0.717) is 22.6 Å². The van der Waals surface area contributed by atoms with E-state index in [1.54, 1.807) is 18.2 Å². The average Bonchev–Trinajstić information content (AvgIpc) is 3.29. The second-order valence-corrected chi connectivity index (χ2v) is 10.9. The van der Waals surface area contributed by atoms with Gasteiger partial charge in [0.2, 0.25) is 5.89 Å². The summed E-state index contributed by atoms with van der Waals surface area (Å²) in [5.41, 5.74) is 2.69. The van der Waals surface area contributed by atoms with E-state index < -0.39 is 18.2 Å². The first-order chi connectivity index (χ1) is 17.4. The zero-order valence-corrected chi connectivity index (χ0v) is 21.2. The number of ether oxygens (including phenoxy) is 1. The predicted octanol–water partition coefficient (Wildman–Crippen LogP) is 9.42. The maximum atomic E-state index is 15.7. The zero-order valence-electron chi connectivity index (χ0n) is 21.2. The van der Waals surface area contributed by atoms with Crippen LogP contribution >= 0.6 is 0 Å². The monoisotopic (exact) mass is 499 g/mol. The minimum absolute atomic E-state index is 0.0121. The van der Waals surface area contributed by atoms with Gasteiger partial charge in [-0.3, -0.25) is 0 Å². The normalized spacial score (nSPS) is 24.9.